The van der Waals surface area contributed by atoms with E-state index in [1.54, 1.807) is 6.20 Å². The van der Waals surface area contributed by atoms with Gasteiger partial charge in [0, 0.05) is 37.5 Å². The molecule has 1 aliphatic rings. The zero-order valence-corrected chi connectivity index (χ0v) is 14.7. The van der Waals surface area contributed by atoms with E-state index in [-0.39, 0.29) is 12.2 Å². The summed E-state index contributed by atoms with van der Waals surface area (Å²) in [6.07, 6.45) is 7.77. The van der Waals surface area contributed by atoms with Crippen molar-refractivity contribution in [3.8, 4) is 0 Å². The highest BCUT2D eigenvalue weighted by atomic mass is 16.2. The van der Waals surface area contributed by atoms with Crippen molar-refractivity contribution >= 4 is 11.7 Å². The molecule has 138 valence electrons. The number of rotatable bonds is 5. The van der Waals surface area contributed by atoms with E-state index in [2.05, 4.69) is 20.2 Å². The molecular formula is C18H23N5O3. The molecule has 2 aromatic rings. The Morgan fingerprint density at radius 2 is 2.04 bits per heavy atom. The van der Waals surface area contributed by atoms with Gasteiger partial charge in [-0.1, -0.05) is 25.3 Å². The van der Waals surface area contributed by atoms with Crippen molar-refractivity contribution in [3.63, 3.8) is 0 Å². The minimum atomic E-state index is -0.707. The number of pyridine rings is 1. The number of nitrogens with zero attached hydrogens (tertiary/aromatic N) is 2. The van der Waals surface area contributed by atoms with E-state index in [1.165, 1.54) is 19.3 Å². The first-order valence-electron chi connectivity index (χ1n) is 8.83. The Labute approximate surface area is 150 Å². The molecule has 1 aliphatic carbocycles. The SMILES string of the molecule is CN(c1ncccc1CNC(=O)c1cc(=O)[nH]c(=O)[nH]1)C1CCCCC1. The number of nitrogens with one attached hydrogen (secondary N) is 3. The Balaban J connectivity index is 1.73. The maximum absolute atomic E-state index is 12.2. The first kappa shape index (κ1) is 17.9. The first-order valence-corrected chi connectivity index (χ1v) is 8.83. The van der Waals surface area contributed by atoms with E-state index in [9.17, 15) is 14.4 Å². The molecule has 2 heterocycles. The van der Waals surface area contributed by atoms with E-state index in [1.807, 2.05) is 24.2 Å². The fourth-order valence-electron chi connectivity index (χ4n) is 3.39. The van der Waals surface area contributed by atoms with Crippen molar-refractivity contribution in [2.75, 3.05) is 11.9 Å². The van der Waals surface area contributed by atoms with Gasteiger partial charge < -0.3 is 15.2 Å². The lowest BCUT2D eigenvalue weighted by Gasteiger charge is -2.33. The van der Waals surface area contributed by atoms with E-state index >= 15 is 0 Å². The van der Waals surface area contributed by atoms with Crippen molar-refractivity contribution in [1.29, 1.82) is 0 Å². The summed E-state index contributed by atoms with van der Waals surface area (Å²) < 4.78 is 0. The molecule has 0 saturated heterocycles. The topological polar surface area (TPSA) is 111 Å². The zero-order chi connectivity index (χ0) is 18.5. The molecule has 0 aliphatic heterocycles. The van der Waals surface area contributed by atoms with E-state index < -0.39 is 17.2 Å². The molecule has 0 aromatic carbocycles. The van der Waals surface area contributed by atoms with Crippen LogP contribution in [0.2, 0.25) is 0 Å². The summed E-state index contributed by atoms with van der Waals surface area (Å²) in [6.45, 7) is 0.258. The number of aromatic nitrogens is 3. The van der Waals surface area contributed by atoms with Crippen LogP contribution in [0.3, 0.4) is 0 Å². The van der Waals surface area contributed by atoms with Crippen LogP contribution in [0.1, 0.15) is 48.2 Å². The molecule has 2 aromatic heterocycles. The molecule has 8 heteroatoms. The highest BCUT2D eigenvalue weighted by molar-refractivity contribution is 5.92. The van der Waals surface area contributed by atoms with Gasteiger partial charge in [0.15, 0.2) is 0 Å². The number of amides is 1. The van der Waals surface area contributed by atoms with Crippen LogP contribution in [0, 0.1) is 0 Å². The van der Waals surface area contributed by atoms with Gasteiger partial charge in [0.2, 0.25) is 0 Å². The van der Waals surface area contributed by atoms with Gasteiger partial charge in [-0.05, 0) is 18.9 Å². The molecule has 26 heavy (non-hydrogen) atoms. The number of anilines is 1. The van der Waals surface area contributed by atoms with Crippen LogP contribution in [0.4, 0.5) is 5.82 Å². The lowest BCUT2D eigenvalue weighted by molar-refractivity contribution is 0.0945. The minimum absolute atomic E-state index is 0.0650. The summed E-state index contributed by atoms with van der Waals surface area (Å²) in [5.74, 6) is 0.336. The Morgan fingerprint density at radius 3 is 2.77 bits per heavy atom. The van der Waals surface area contributed by atoms with Gasteiger partial charge in [-0.15, -0.1) is 0 Å². The van der Waals surface area contributed by atoms with Gasteiger partial charge in [-0.25, -0.2) is 9.78 Å². The average molecular weight is 357 g/mol. The van der Waals surface area contributed by atoms with Crippen molar-refractivity contribution < 1.29 is 4.79 Å². The molecule has 0 radical (unpaired) electrons. The molecule has 8 nitrogen and oxygen atoms in total. The van der Waals surface area contributed by atoms with Gasteiger partial charge in [-0.2, -0.15) is 0 Å². The Bertz CT molecular complexity index is 854. The lowest BCUT2D eigenvalue weighted by atomic mass is 9.94. The predicted octanol–water partition coefficient (Wildman–Crippen LogP) is 1.16. The number of hydrogen-bond acceptors (Lipinski definition) is 5. The van der Waals surface area contributed by atoms with Crippen LogP contribution >= 0.6 is 0 Å². The monoisotopic (exact) mass is 357 g/mol. The van der Waals surface area contributed by atoms with Crippen LogP contribution < -0.4 is 21.5 Å². The largest absolute Gasteiger partial charge is 0.356 e. The number of carbonyl (C=O) groups is 1. The smallest absolute Gasteiger partial charge is 0.326 e. The summed E-state index contributed by atoms with van der Waals surface area (Å²) >= 11 is 0. The third-order valence-corrected chi connectivity index (χ3v) is 4.77. The molecule has 0 atom stereocenters. The third kappa shape index (κ3) is 4.19. The summed E-state index contributed by atoms with van der Waals surface area (Å²) in [5, 5.41) is 2.74. The predicted molar refractivity (Wildman–Crippen MR) is 98.4 cm³/mol. The second-order valence-electron chi connectivity index (χ2n) is 6.57. The Kier molecular flexibility index (Phi) is 5.50. The van der Waals surface area contributed by atoms with Gasteiger partial charge in [-0.3, -0.25) is 14.6 Å². The van der Waals surface area contributed by atoms with E-state index in [0.29, 0.717) is 6.04 Å². The van der Waals surface area contributed by atoms with E-state index in [4.69, 9.17) is 0 Å². The number of aromatic amines is 2. The van der Waals surface area contributed by atoms with Crippen LogP contribution in [0.15, 0.2) is 34.0 Å². The molecule has 0 spiro atoms. The summed E-state index contributed by atoms with van der Waals surface area (Å²) in [5.41, 5.74) is -0.495. The van der Waals surface area contributed by atoms with Crippen LogP contribution in [0.25, 0.3) is 0 Å². The zero-order valence-electron chi connectivity index (χ0n) is 14.7. The molecule has 1 saturated carbocycles. The third-order valence-electron chi connectivity index (χ3n) is 4.77. The number of carbonyl (C=O) groups excluding carboxylic acids is 1. The Morgan fingerprint density at radius 1 is 1.27 bits per heavy atom. The van der Waals surface area contributed by atoms with Gasteiger partial charge in [0.05, 0.1) is 0 Å². The van der Waals surface area contributed by atoms with Crippen LogP contribution in [0.5, 0.6) is 0 Å². The molecule has 0 bridgehead atoms. The molecule has 3 rings (SSSR count). The lowest BCUT2D eigenvalue weighted by Crippen LogP contribution is -2.35. The van der Waals surface area contributed by atoms with E-state index in [0.717, 1.165) is 30.3 Å². The standard InChI is InChI=1S/C18H23N5O3/c1-23(13-7-3-2-4-8-13)16-12(6-5-9-19-16)11-20-17(25)14-10-15(24)22-18(26)21-14/h5-6,9-10,13H,2-4,7-8,11H2,1H3,(H,20,25)(H2,21,22,24,26). The second kappa shape index (κ2) is 7.99. The highest BCUT2D eigenvalue weighted by Crippen LogP contribution is 2.26. The highest BCUT2D eigenvalue weighted by Gasteiger charge is 2.21. The fraction of sp³-hybridized carbons (Fsp3) is 0.444. The molecule has 1 fully saturated rings. The fourth-order valence-corrected chi connectivity index (χ4v) is 3.39. The molecule has 1 amide bonds. The number of hydrogen-bond donors (Lipinski definition) is 3. The van der Waals surface area contributed by atoms with Gasteiger partial charge in [0.25, 0.3) is 11.5 Å². The van der Waals surface area contributed by atoms with Crippen molar-refractivity contribution in [1.82, 2.24) is 20.3 Å². The minimum Gasteiger partial charge on any atom is -0.356 e. The van der Waals surface area contributed by atoms with Crippen molar-refractivity contribution in [3.05, 3.63) is 56.5 Å². The van der Waals surface area contributed by atoms with Crippen molar-refractivity contribution in [2.24, 2.45) is 0 Å². The molecule has 0 unspecified atom stereocenters. The summed E-state index contributed by atoms with van der Waals surface area (Å²) in [6, 6.07) is 5.27. The van der Waals surface area contributed by atoms with Gasteiger partial charge >= 0.3 is 5.69 Å². The maximum atomic E-state index is 12.2. The van der Waals surface area contributed by atoms with Gasteiger partial charge in [0.1, 0.15) is 11.5 Å². The summed E-state index contributed by atoms with van der Waals surface area (Å²) in [4.78, 5) is 45.9. The number of H-pyrrole nitrogens is 2. The summed E-state index contributed by atoms with van der Waals surface area (Å²) in [7, 11) is 2.04. The Hall–Kier alpha value is -2.90. The van der Waals surface area contributed by atoms with Crippen molar-refractivity contribution in [2.45, 2.75) is 44.7 Å². The van der Waals surface area contributed by atoms with Crippen LogP contribution in [-0.2, 0) is 6.54 Å². The van der Waals surface area contributed by atoms with Crippen LogP contribution in [-0.4, -0.2) is 33.9 Å². The quantitative estimate of drug-likeness (QED) is 0.743. The maximum Gasteiger partial charge on any atom is 0.326 e. The molecular weight excluding hydrogens is 334 g/mol. The molecule has 3 N–H and O–H groups in total. The first-order chi connectivity index (χ1) is 12.5. The second-order valence-corrected chi connectivity index (χ2v) is 6.57. The normalized spacial score (nSPS) is 14.8. The average Bonchev–Trinajstić information content (AvgIpc) is 2.65.